The molecule has 7 nitrogen and oxygen atoms in total. The van der Waals surface area contributed by atoms with Crippen molar-refractivity contribution in [2.45, 2.75) is 45.1 Å². The van der Waals surface area contributed by atoms with Crippen molar-refractivity contribution >= 4 is 11.9 Å². The fourth-order valence-electron chi connectivity index (χ4n) is 3.61. The zero-order chi connectivity index (χ0) is 20.5. The normalized spacial score (nSPS) is 17.5. The standard InChI is InChI=1S/C21H30N4O3/c1-15(2)13-18(20(26)23-11-10-22)24-21(27)25-12-6-7-16(14-25)17-8-4-5-9-19(17)28-3/h4-5,8-9,15-16,18H,6-7,11-14H2,1-3H3,(H,23,26)(H,24,27). The highest BCUT2D eigenvalue weighted by Gasteiger charge is 2.29. The first-order chi connectivity index (χ1) is 13.5. The number of piperidine rings is 1. The number of hydrogen-bond acceptors (Lipinski definition) is 4. The molecule has 2 atom stereocenters. The Morgan fingerprint density at radius 2 is 2.11 bits per heavy atom. The molecule has 0 aliphatic carbocycles. The van der Waals surface area contributed by atoms with Crippen LogP contribution in [0, 0.1) is 17.2 Å². The topological polar surface area (TPSA) is 94.5 Å². The fraction of sp³-hybridized carbons (Fsp3) is 0.571. The van der Waals surface area contributed by atoms with Crippen molar-refractivity contribution in [3.05, 3.63) is 29.8 Å². The van der Waals surface area contributed by atoms with Gasteiger partial charge in [-0.15, -0.1) is 0 Å². The van der Waals surface area contributed by atoms with Crippen molar-refractivity contribution in [3.63, 3.8) is 0 Å². The monoisotopic (exact) mass is 386 g/mol. The summed E-state index contributed by atoms with van der Waals surface area (Å²) in [7, 11) is 1.66. The van der Waals surface area contributed by atoms with Gasteiger partial charge >= 0.3 is 6.03 Å². The third-order valence-electron chi connectivity index (χ3n) is 4.95. The van der Waals surface area contributed by atoms with Crippen LogP contribution in [0.15, 0.2) is 24.3 Å². The molecule has 7 heteroatoms. The summed E-state index contributed by atoms with van der Waals surface area (Å²) in [5.74, 6) is 0.956. The summed E-state index contributed by atoms with van der Waals surface area (Å²) in [5.41, 5.74) is 1.10. The SMILES string of the molecule is COc1ccccc1C1CCCN(C(=O)NC(CC(C)C)C(=O)NCC#N)C1. The molecule has 2 N–H and O–H groups in total. The van der Waals surface area contributed by atoms with Crippen molar-refractivity contribution in [2.24, 2.45) is 5.92 Å². The van der Waals surface area contributed by atoms with Gasteiger partial charge in [-0.2, -0.15) is 5.26 Å². The number of para-hydroxylation sites is 1. The van der Waals surface area contributed by atoms with Gasteiger partial charge in [0, 0.05) is 19.0 Å². The Morgan fingerprint density at radius 3 is 2.79 bits per heavy atom. The number of benzene rings is 1. The van der Waals surface area contributed by atoms with E-state index in [1.807, 2.05) is 44.2 Å². The van der Waals surface area contributed by atoms with Crippen LogP contribution in [-0.2, 0) is 4.79 Å². The highest BCUT2D eigenvalue weighted by Crippen LogP contribution is 2.33. The lowest BCUT2D eigenvalue weighted by molar-refractivity contribution is -0.123. The van der Waals surface area contributed by atoms with Crippen LogP contribution in [0.1, 0.15) is 44.6 Å². The van der Waals surface area contributed by atoms with Crippen molar-refractivity contribution < 1.29 is 14.3 Å². The Morgan fingerprint density at radius 1 is 1.36 bits per heavy atom. The van der Waals surface area contributed by atoms with Gasteiger partial charge in [-0.3, -0.25) is 4.79 Å². The number of nitriles is 1. The zero-order valence-corrected chi connectivity index (χ0v) is 16.9. The number of carbonyl (C=O) groups is 2. The van der Waals surface area contributed by atoms with Crippen LogP contribution in [0.25, 0.3) is 0 Å². The second kappa shape index (κ2) is 10.5. The molecule has 1 saturated heterocycles. The number of nitrogens with one attached hydrogen (secondary N) is 2. The minimum absolute atomic E-state index is 0.0666. The number of methoxy groups -OCH3 is 1. The van der Waals surface area contributed by atoms with Crippen molar-refractivity contribution in [3.8, 4) is 11.8 Å². The second-order valence-corrected chi connectivity index (χ2v) is 7.53. The van der Waals surface area contributed by atoms with Gasteiger partial charge in [0.1, 0.15) is 18.3 Å². The number of carbonyl (C=O) groups excluding carboxylic acids is 2. The average molecular weight is 386 g/mol. The maximum atomic E-state index is 12.8. The molecule has 1 aliphatic heterocycles. The third-order valence-corrected chi connectivity index (χ3v) is 4.95. The summed E-state index contributed by atoms with van der Waals surface area (Å²) in [6.45, 7) is 5.17. The van der Waals surface area contributed by atoms with Crippen LogP contribution in [-0.4, -0.2) is 49.6 Å². The van der Waals surface area contributed by atoms with Gasteiger partial charge in [-0.1, -0.05) is 32.0 Å². The number of amides is 3. The van der Waals surface area contributed by atoms with E-state index >= 15 is 0 Å². The van der Waals surface area contributed by atoms with E-state index in [9.17, 15) is 9.59 Å². The minimum atomic E-state index is -0.646. The highest BCUT2D eigenvalue weighted by molar-refractivity contribution is 5.87. The largest absolute Gasteiger partial charge is 0.496 e. The molecule has 152 valence electrons. The van der Waals surface area contributed by atoms with Crippen LogP contribution >= 0.6 is 0 Å². The van der Waals surface area contributed by atoms with Crippen LogP contribution in [0.3, 0.4) is 0 Å². The molecule has 1 fully saturated rings. The predicted octanol–water partition coefficient (Wildman–Crippen LogP) is 2.64. The van der Waals surface area contributed by atoms with Crippen LogP contribution in [0.5, 0.6) is 5.75 Å². The van der Waals surface area contributed by atoms with Crippen LogP contribution < -0.4 is 15.4 Å². The lowest BCUT2D eigenvalue weighted by atomic mass is 9.90. The van der Waals surface area contributed by atoms with E-state index in [-0.39, 0.29) is 30.3 Å². The first-order valence-electron chi connectivity index (χ1n) is 9.79. The first kappa shape index (κ1) is 21.5. The number of hydrogen-bond donors (Lipinski definition) is 2. The summed E-state index contributed by atoms with van der Waals surface area (Å²) < 4.78 is 5.47. The van der Waals surface area contributed by atoms with Crippen molar-refractivity contribution in [2.75, 3.05) is 26.7 Å². The molecule has 2 rings (SSSR count). The smallest absolute Gasteiger partial charge is 0.318 e. The Labute approximate surface area is 167 Å². The van der Waals surface area contributed by atoms with Gasteiger partial charge in [0.2, 0.25) is 5.91 Å². The Balaban J connectivity index is 2.05. The Bertz CT molecular complexity index is 714. The number of nitrogens with zero attached hydrogens (tertiary/aromatic N) is 2. The van der Waals surface area contributed by atoms with E-state index in [0.29, 0.717) is 19.5 Å². The van der Waals surface area contributed by atoms with Crippen LogP contribution in [0.4, 0.5) is 4.79 Å². The quantitative estimate of drug-likeness (QED) is 0.705. The van der Waals surface area contributed by atoms with Crippen molar-refractivity contribution in [1.29, 1.82) is 5.26 Å². The maximum Gasteiger partial charge on any atom is 0.318 e. The van der Waals surface area contributed by atoms with Crippen LogP contribution in [0.2, 0.25) is 0 Å². The number of ether oxygens (including phenoxy) is 1. The molecular formula is C21H30N4O3. The molecular weight excluding hydrogens is 356 g/mol. The highest BCUT2D eigenvalue weighted by atomic mass is 16.5. The van der Waals surface area contributed by atoms with Gasteiger partial charge in [0.05, 0.1) is 13.2 Å². The number of rotatable bonds is 7. The maximum absolute atomic E-state index is 12.8. The first-order valence-corrected chi connectivity index (χ1v) is 9.79. The molecule has 0 spiro atoms. The molecule has 28 heavy (non-hydrogen) atoms. The number of urea groups is 1. The van der Waals surface area contributed by atoms with E-state index in [1.165, 1.54) is 0 Å². The van der Waals surface area contributed by atoms with Gasteiger partial charge in [-0.05, 0) is 36.8 Å². The summed E-state index contributed by atoms with van der Waals surface area (Å²) >= 11 is 0. The molecule has 0 radical (unpaired) electrons. The Hall–Kier alpha value is -2.75. The minimum Gasteiger partial charge on any atom is -0.496 e. The fourth-order valence-corrected chi connectivity index (χ4v) is 3.61. The summed E-state index contributed by atoms with van der Waals surface area (Å²) in [5, 5.41) is 14.1. The van der Waals surface area contributed by atoms with Crippen molar-refractivity contribution in [1.82, 2.24) is 15.5 Å². The predicted molar refractivity (Wildman–Crippen MR) is 107 cm³/mol. The molecule has 1 aliphatic rings. The van der Waals surface area contributed by atoms with E-state index in [0.717, 1.165) is 24.2 Å². The molecule has 0 bridgehead atoms. The van der Waals surface area contributed by atoms with E-state index in [4.69, 9.17) is 10.00 Å². The zero-order valence-electron chi connectivity index (χ0n) is 16.9. The van der Waals surface area contributed by atoms with Gasteiger partial charge in [0.15, 0.2) is 0 Å². The average Bonchev–Trinajstić information content (AvgIpc) is 2.71. The van der Waals surface area contributed by atoms with Gasteiger partial charge in [-0.25, -0.2) is 4.79 Å². The van der Waals surface area contributed by atoms with E-state index in [1.54, 1.807) is 12.0 Å². The second-order valence-electron chi connectivity index (χ2n) is 7.53. The van der Waals surface area contributed by atoms with Gasteiger partial charge in [0.25, 0.3) is 0 Å². The number of likely N-dealkylation sites (tertiary alicyclic amines) is 1. The van der Waals surface area contributed by atoms with E-state index in [2.05, 4.69) is 10.6 Å². The van der Waals surface area contributed by atoms with Gasteiger partial charge < -0.3 is 20.3 Å². The molecule has 3 amide bonds. The summed E-state index contributed by atoms with van der Waals surface area (Å²) in [6.07, 6.45) is 2.40. The molecule has 2 unspecified atom stereocenters. The Kier molecular flexibility index (Phi) is 8.12. The molecule has 0 aromatic heterocycles. The summed E-state index contributed by atoms with van der Waals surface area (Å²) in [6, 6.07) is 8.91. The molecule has 1 aromatic rings. The third kappa shape index (κ3) is 5.88. The lowest BCUT2D eigenvalue weighted by Crippen LogP contribution is -2.53. The van der Waals surface area contributed by atoms with E-state index < -0.39 is 6.04 Å². The summed E-state index contributed by atoms with van der Waals surface area (Å²) in [4.78, 5) is 26.9. The molecule has 1 heterocycles. The molecule has 1 aromatic carbocycles. The molecule has 0 saturated carbocycles. The lowest BCUT2D eigenvalue weighted by Gasteiger charge is -2.34.